The minimum atomic E-state index is 0.526. The zero-order valence-corrected chi connectivity index (χ0v) is 10.9. The van der Waals surface area contributed by atoms with Crippen LogP contribution in [0.15, 0.2) is 12.1 Å². The molecule has 0 bridgehead atoms. The van der Waals surface area contributed by atoms with Crippen LogP contribution in [0.5, 0.6) is 5.75 Å². The molecule has 1 aromatic rings. The number of fused-ring (bicyclic) bond motifs is 1. The first-order valence-electron chi connectivity index (χ1n) is 6.02. The van der Waals surface area contributed by atoms with Gasteiger partial charge in [-0.25, -0.2) is 0 Å². The Labute approximate surface area is 107 Å². The molecule has 0 heterocycles. The summed E-state index contributed by atoms with van der Waals surface area (Å²) in [6.45, 7) is 0.526. The third-order valence-corrected chi connectivity index (χ3v) is 3.60. The van der Waals surface area contributed by atoms with E-state index in [2.05, 4.69) is 6.07 Å². The SMILES string of the molecule is COc1c(/C=C/CN)cc2c(c1Cl)CCCC2. The van der Waals surface area contributed by atoms with Crippen LogP contribution >= 0.6 is 11.6 Å². The summed E-state index contributed by atoms with van der Waals surface area (Å²) >= 11 is 6.42. The van der Waals surface area contributed by atoms with Crippen LogP contribution in [0.4, 0.5) is 0 Å². The molecule has 0 atom stereocenters. The van der Waals surface area contributed by atoms with E-state index >= 15 is 0 Å². The van der Waals surface area contributed by atoms with Gasteiger partial charge >= 0.3 is 0 Å². The predicted molar refractivity (Wildman–Crippen MR) is 72.7 cm³/mol. The summed E-state index contributed by atoms with van der Waals surface area (Å²) in [6, 6.07) is 2.19. The molecule has 0 radical (unpaired) electrons. The van der Waals surface area contributed by atoms with Crippen LogP contribution in [0.25, 0.3) is 6.08 Å². The Morgan fingerprint density at radius 3 is 2.88 bits per heavy atom. The van der Waals surface area contributed by atoms with Gasteiger partial charge in [-0.05, 0) is 42.9 Å². The largest absolute Gasteiger partial charge is 0.495 e. The van der Waals surface area contributed by atoms with Crippen LogP contribution in [0, 0.1) is 0 Å². The number of benzene rings is 1. The van der Waals surface area contributed by atoms with E-state index in [1.165, 1.54) is 24.0 Å². The fraction of sp³-hybridized carbons (Fsp3) is 0.429. The number of aryl methyl sites for hydroxylation is 1. The average Bonchev–Trinajstić information content (AvgIpc) is 2.36. The van der Waals surface area contributed by atoms with Gasteiger partial charge in [0.25, 0.3) is 0 Å². The number of ether oxygens (including phenoxy) is 1. The topological polar surface area (TPSA) is 35.2 Å². The second-order valence-corrected chi connectivity index (χ2v) is 4.67. The fourth-order valence-electron chi connectivity index (χ4n) is 2.38. The van der Waals surface area contributed by atoms with Gasteiger partial charge in [0, 0.05) is 12.1 Å². The number of rotatable bonds is 3. The number of halogens is 1. The molecule has 2 rings (SSSR count). The van der Waals surface area contributed by atoms with Crippen molar-refractivity contribution < 1.29 is 4.74 Å². The van der Waals surface area contributed by atoms with E-state index in [9.17, 15) is 0 Å². The van der Waals surface area contributed by atoms with Crippen molar-refractivity contribution in [3.63, 3.8) is 0 Å². The van der Waals surface area contributed by atoms with Crippen LogP contribution in [-0.2, 0) is 12.8 Å². The summed E-state index contributed by atoms with van der Waals surface area (Å²) in [6.07, 6.45) is 8.54. The van der Waals surface area contributed by atoms with Crippen LogP contribution < -0.4 is 10.5 Å². The Morgan fingerprint density at radius 1 is 1.41 bits per heavy atom. The maximum absolute atomic E-state index is 6.42. The molecule has 0 amide bonds. The first kappa shape index (κ1) is 12.5. The van der Waals surface area contributed by atoms with Crippen LogP contribution in [0.2, 0.25) is 5.02 Å². The second kappa shape index (κ2) is 5.56. The van der Waals surface area contributed by atoms with E-state index in [1.807, 2.05) is 12.2 Å². The lowest BCUT2D eigenvalue weighted by Crippen LogP contribution is -2.05. The summed E-state index contributed by atoms with van der Waals surface area (Å²) in [5, 5.41) is 0.779. The van der Waals surface area contributed by atoms with Gasteiger partial charge in [-0.3, -0.25) is 0 Å². The average molecular weight is 252 g/mol. The van der Waals surface area contributed by atoms with Gasteiger partial charge in [0.05, 0.1) is 12.1 Å². The molecule has 0 saturated heterocycles. The highest BCUT2D eigenvalue weighted by atomic mass is 35.5. The molecule has 0 aliphatic heterocycles. The maximum Gasteiger partial charge on any atom is 0.144 e. The van der Waals surface area contributed by atoms with E-state index in [4.69, 9.17) is 22.1 Å². The quantitative estimate of drug-likeness (QED) is 0.896. The standard InChI is InChI=1S/C14H18ClNO/c1-17-14-11(6-4-8-16)9-10-5-2-3-7-12(10)13(14)15/h4,6,9H,2-3,5,7-8,16H2,1H3/b6-4+. The van der Waals surface area contributed by atoms with Crippen molar-refractivity contribution in [1.82, 2.24) is 0 Å². The van der Waals surface area contributed by atoms with Crippen LogP contribution in [0.1, 0.15) is 29.5 Å². The predicted octanol–water partition coefficient (Wildman–Crippen LogP) is 3.20. The van der Waals surface area contributed by atoms with Gasteiger partial charge in [0.15, 0.2) is 0 Å². The second-order valence-electron chi connectivity index (χ2n) is 4.30. The lowest BCUT2D eigenvalue weighted by atomic mass is 9.89. The molecular formula is C14H18ClNO. The molecule has 1 aliphatic rings. The van der Waals surface area contributed by atoms with Crippen LogP contribution in [0.3, 0.4) is 0 Å². The lowest BCUT2D eigenvalue weighted by Gasteiger charge is -2.20. The highest BCUT2D eigenvalue weighted by Crippen LogP contribution is 2.38. The van der Waals surface area contributed by atoms with Gasteiger partial charge in [-0.15, -0.1) is 0 Å². The summed E-state index contributed by atoms with van der Waals surface area (Å²) in [4.78, 5) is 0. The Morgan fingerprint density at radius 2 is 2.18 bits per heavy atom. The Bertz CT molecular complexity index is 440. The monoisotopic (exact) mass is 251 g/mol. The van der Waals surface area contributed by atoms with Crippen molar-refractivity contribution in [3.05, 3.63) is 33.9 Å². The maximum atomic E-state index is 6.42. The molecule has 2 N–H and O–H groups in total. The van der Waals surface area contributed by atoms with Crippen molar-refractivity contribution in [1.29, 1.82) is 0 Å². The first-order valence-corrected chi connectivity index (χ1v) is 6.40. The van der Waals surface area contributed by atoms with Gasteiger partial charge < -0.3 is 10.5 Å². The Hall–Kier alpha value is -0.990. The lowest BCUT2D eigenvalue weighted by molar-refractivity contribution is 0.413. The minimum absolute atomic E-state index is 0.526. The van der Waals surface area contributed by atoms with E-state index in [-0.39, 0.29) is 0 Å². The molecule has 2 nitrogen and oxygen atoms in total. The van der Waals surface area contributed by atoms with Crippen molar-refractivity contribution in [3.8, 4) is 5.75 Å². The van der Waals surface area contributed by atoms with Gasteiger partial charge in [0.2, 0.25) is 0 Å². The van der Waals surface area contributed by atoms with E-state index in [1.54, 1.807) is 7.11 Å². The molecule has 0 spiro atoms. The zero-order chi connectivity index (χ0) is 12.3. The zero-order valence-electron chi connectivity index (χ0n) is 10.1. The summed E-state index contributed by atoms with van der Waals surface area (Å²) in [7, 11) is 1.66. The van der Waals surface area contributed by atoms with Gasteiger partial charge in [-0.1, -0.05) is 23.8 Å². The molecule has 0 aromatic heterocycles. The molecule has 0 saturated carbocycles. The van der Waals surface area contributed by atoms with E-state index in [0.717, 1.165) is 29.2 Å². The smallest absolute Gasteiger partial charge is 0.144 e. The molecule has 1 aliphatic carbocycles. The Kier molecular flexibility index (Phi) is 4.08. The third kappa shape index (κ3) is 2.48. The molecular weight excluding hydrogens is 234 g/mol. The molecule has 17 heavy (non-hydrogen) atoms. The molecule has 92 valence electrons. The summed E-state index contributed by atoms with van der Waals surface area (Å²) < 4.78 is 5.42. The number of nitrogens with two attached hydrogens (primary N) is 1. The van der Waals surface area contributed by atoms with Crippen molar-refractivity contribution in [2.24, 2.45) is 5.73 Å². The number of hydrogen-bond acceptors (Lipinski definition) is 2. The Balaban J connectivity index is 2.51. The summed E-state index contributed by atoms with van der Waals surface area (Å²) in [5.41, 5.74) is 9.14. The fourth-order valence-corrected chi connectivity index (χ4v) is 2.78. The highest BCUT2D eigenvalue weighted by molar-refractivity contribution is 6.33. The minimum Gasteiger partial charge on any atom is -0.495 e. The first-order chi connectivity index (χ1) is 8.27. The third-order valence-electron chi connectivity index (χ3n) is 3.20. The normalized spacial score (nSPS) is 15.0. The molecule has 3 heteroatoms. The van der Waals surface area contributed by atoms with Gasteiger partial charge in [-0.2, -0.15) is 0 Å². The summed E-state index contributed by atoms with van der Waals surface area (Å²) in [5.74, 6) is 0.775. The van der Waals surface area contributed by atoms with E-state index < -0.39 is 0 Å². The van der Waals surface area contributed by atoms with Crippen molar-refractivity contribution >= 4 is 17.7 Å². The molecule has 0 unspecified atom stereocenters. The molecule has 1 aromatic carbocycles. The highest BCUT2D eigenvalue weighted by Gasteiger charge is 2.18. The van der Waals surface area contributed by atoms with Gasteiger partial charge in [0.1, 0.15) is 5.75 Å². The van der Waals surface area contributed by atoms with Crippen molar-refractivity contribution in [2.75, 3.05) is 13.7 Å². The van der Waals surface area contributed by atoms with Crippen LogP contribution in [-0.4, -0.2) is 13.7 Å². The number of hydrogen-bond donors (Lipinski definition) is 1. The van der Waals surface area contributed by atoms with Crippen molar-refractivity contribution in [2.45, 2.75) is 25.7 Å². The molecule has 0 fully saturated rings. The number of methoxy groups -OCH3 is 1. The van der Waals surface area contributed by atoms with E-state index in [0.29, 0.717) is 6.54 Å².